The molecule has 0 aromatic heterocycles. The molecule has 3 fully saturated rings. The van der Waals surface area contributed by atoms with Crippen LogP contribution in [0.5, 0.6) is 0 Å². The number of fused-ring (bicyclic) bond motifs is 1. The molecule has 2 aliphatic heterocycles. The fourth-order valence-electron chi connectivity index (χ4n) is 5.14. The molecule has 2 N–H and O–H groups in total. The first-order valence-corrected chi connectivity index (χ1v) is 10.5. The molecule has 26 heavy (non-hydrogen) atoms. The van der Waals surface area contributed by atoms with Gasteiger partial charge in [-0.05, 0) is 43.4 Å². The van der Waals surface area contributed by atoms with Gasteiger partial charge in [0.25, 0.3) is 0 Å². The summed E-state index contributed by atoms with van der Waals surface area (Å²) in [5.41, 5.74) is 0.244. The van der Waals surface area contributed by atoms with Crippen LogP contribution in [-0.4, -0.2) is 66.5 Å². The maximum atomic E-state index is 12.9. The van der Waals surface area contributed by atoms with Crippen LogP contribution in [0.1, 0.15) is 59.3 Å². The molecule has 2 atom stereocenters. The van der Waals surface area contributed by atoms with Gasteiger partial charge in [-0.25, -0.2) is 4.79 Å². The standard InChI is InChI=1S/C20H36N4O2/c1-4-10-21-18(25)13-23-11-8-15(9-12-23)22-19(26)24-14-20(2,3)16-6-5-7-17(16)24/h15-17H,4-14H2,1-3H3,(H,21,25)(H,22,26). The van der Waals surface area contributed by atoms with Crippen LogP contribution in [0.3, 0.4) is 0 Å². The molecule has 1 saturated carbocycles. The van der Waals surface area contributed by atoms with Crippen LogP contribution in [0.15, 0.2) is 0 Å². The largest absolute Gasteiger partial charge is 0.355 e. The minimum atomic E-state index is 0.112. The number of likely N-dealkylation sites (tertiary alicyclic amines) is 2. The molecule has 2 heterocycles. The molecule has 0 aromatic carbocycles. The van der Waals surface area contributed by atoms with E-state index in [0.717, 1.165) is 51.9 Å². The van der Waals surface area contributed by atoms with E-state index in [0.29, 0.717) is 18.5 Å². The number of hydrogen-bond donors (Lipinski definition) is 2. The molecule has 6 nitrogen and oxygen atoms in total. The second kappa shape index (κ2) is 8.15. The van der Waals surface area contributed by atoms with Gasteiger partial charge in [0.15, 0.2) is 0 Å². The van der Waals surface area contributed by atoms with E-state index in [-0.39, 0.29) is 23.4 Å². The predicted molar refractivity (Wildman–Crippen MR) is 103 cm³/mol. The normalized spacial score (nSPS) is 28.8. The zero-order chi connectivity index (χ0) is 18.7. The Morgan fingerprint density at radius 3 is 2.54 bits per heavy atom. The van der Waals surface area contributed by atoms with Crippen molar-refractivity contribution in [2.24, 2.45) is 11.3 Å². The molecule has 0 radical (unpaired) electrons. The van der Waals surface area contributed by atoms with E-state index in [1.54, 1.807) is 0 Å². The van der Waals surface area contributed by atoms with Crippen molar-refractivity contribution in [1.82, 2.24) is 20.4 Å². The van der Waals surface area contributed by atoms with E-state index in [2.05, 4.69) is 41.2 Å². The Hall–Kier alpha value is -1.30. The van der Waals surface area contributed by atoms with E-state index in [4.69, 9.17) is 0 Å². The monoisotopic (exact) mass is 364 g/mol. The summed E-state index contributed by atoms with van der Waals surface area (Å²) >= 11 is 0. The second-order valence-corrected chi connectivity index (χ2v) is 9.07. The van der Waals surface area contributed by atoms with Crippen LogP contribution >= 0.6 is 0 Å². The average molecular weight is 365 g/mol. The lowest BCUT2D eigenvalue weighted by Gasteiger charge is -2.33. The quantitative estimate of drug-likeness (QED) is 0.786. The molecule has 2 saturated heterocycles. The van der Waals surface area contributed by atoms with E-state index >= 15 is 0 Å². The topological polar surface area (TPSA) is 64.7 Å². The van der Waals surface area contributed by atoms with E-state index in [1.807, 2.05) is 0 Å². The van der Waals surface area contributed by atoms with Gasteiger partial charge in [0.1, 0.15) is 0 Å². The van der Waals surface area contributed by atoms with Crippen molar-refractivity contribution in [2.75, 3.05) is 32.7 Å². The van der Waals surface area contributed by atoms with Gasteiger partial charge in [0.2, 0.25) is 5.91 Å². The highest BCUT2D eigenvalue weighted by molar-refractivity contribution is 5.78. The van der Waals surface area contributed by atoms with Crippen molar-refractivity contribution in [3.8, 4) is 0 Å². The third kappa shape index (κ3) is 4.33. The number of amides is 3. The van der Waals surface area contributed by atoms with Crippen LogP contribution in [-0.2, 0) is 4.79 Å². The summed E-state index contributed by atoms with van der Waals surface area (Å²) in [5.74, 6) is 0.776. The Balaban J connectivity index is 1.43. The van der Waals surface area contributed by atoms with Gasteiger partial charge in [0.05, 0.1) is 6.54 Å². The molecule has 0 bridgehead atoms. The first kappa shape index (κ1) is 19.5. The van der Waals surface area contributed by atoms with Crippen molar-refractivity contribution < 1.29 is 9.59 Å². The van der Waals surface area contributed by atoms with E-state index < -0.39 is 0 Å². The molecule has 0 aromatic rings. The molecule has 1 aliphatic carbocycles. The molecule has 3 amide bonds. The Morgan fingerprint density at radius 2 is 1.85 bits per heavy atom. The van der Waals surface area contributed by atoms with Crippen LogP contribution in [0.4, 0.5) is 4.79 Å². The van der Waals surface area contributed by atoms with Gasteiger partial charge >= 0.3 is 6.03 Å². The fraction of sp³-hybridized carbons (Fsp3) is 0.900. The lowest BCUT2D eigenvalue weighted by molar-refractivity contribution is -0.122. The number of carbonyl (C=O) groups excluding carboxylic acids is 2. The van der Waals surface area contributed by atoms with Crippen LogP contribution in [0.2, 0.25) is 0 Å². The molecule has 148 valence electrons. The molecule has 0 spiro atoms. The molecule has 3 aliphatic rings. The Bertz CT molecular complexity index is 514. The van der Waals surface area contributed by atoms with Crippen LogP contribution < -0.4 is 10.6 Å². The van der Waals surface area contributed by atoms with Crippen molar-refractivity contribution >= 4 is 11.9 Å². The van der Waals surface area contributed by atoms with Crippen molar-refractivity contribution in [2.45, 2.75) is 71.4 Å². The second-order valence-electron chi connectivity index (χ2n) is 9.07. The third-order valence-corrected chi connectivity index (χ3v) is 6.58. The number of carbonyl (C=O) groups is 2. The molecule has 2 unspecified atom stereocenters. The summed E-state index contributed by atoms with van der Waals surface area (Å²) in [7, 11) is 0. The Labute approximate surface area is 158 Å². The number of nitrogens with one attached hydrogen (secondary N) is 2. The van der Waals surface area contributed by atoms with Gasteiger partial charge in [-0.15, -0.1) is 0 Å². The first-order chi connectivity index (χ1) is 12.4. The smallest absolute Gasteiger partial charge is 0.317 e. The molecule has 3 rings (SSSR count). The van der Waals surface area contributed by atoms with Crippen molar-refractivity contribution in [1.29, 1.82) is 0 Å². The summed E-state index contributed by atoms with van der Waals surface area (Å²) in [6.45, 7) is 10.5. The molecular formula is C20H36N4O2. The van der Waals surface area contributed by atoms with Crippen LogP contribution in [0.25, 0.3) is 0 Å². The minimum Gasteiger partial charge on any atom is -0.355 e. The van der Waals surface area contributed by atoms with Crippen molar-refractivity contribution in [3.05, 3.63) is 0 Å². The van der Waals surface area contributed by atoms with Gasteiger partial charge in [0, 0.05) is 38.3 Å². The Morgan fingerprint density at radius 1 is 1.12 bits per heavy atom. The summed E-state index contributed by atoms with van der Waals surface area (Å²) in [6, 6.07) is 0.806. The fourth-order valence-corrected chi connectivity index (χ4v) is 5.14. The third-order valence-electron chi connectivity index (χ3n) is 6.58. The molecular weight excluding hydrogens is 328 g/mol. The number of hydrogen-bond acceptors (Lipinski definition) is 3. The van der Waals surface area contributed by atoms with E-state index in [1.165, 1.54) is 12.8 Å². The number of rotatable bonds is 5. The number of nitrogens with zero attached hydrogens (tertiary/aromatic N) is 2. The maximum Gasteiger partial charge on any atom is 0.317 e. The average Bonchev–Trinajstić information content (AvgIpc) is 3.18. The first-order valence-electron chi connectivity index (χ1n) is 10.5. The summed E-state index contributed by atoms with van der Waals surface area (Å²) in [5, 5.41) is 6.21. The summed E-state index contributed by atoms with van der Waals surface area (Å²) < 4.78 is 0. The van der Waals surface area contributed by atoms with Gasteiger partial charge in [-0.3, -0.25) is 9.69 Å². The highest BCUT2D eigenvalue weighted by atomic mass is 16.2. The zero-order valence-electron chi connectivity index (χ0n) is 16.7. The zero-order valence-corrected chi connectivity index (χ0v) is 16.7. The molecule has 6 heteroatoms. The lowest BCUT2D eigenvalue weighted by Crippen LogP contribution is -2.51. The number of piperidine rings is 1. The highest BCUT2D eigenvalue weighted by Crippen LogP contribution is 2.48. The highest BCUT2D eigenvalue weighted by Gasteiger charge is 2.50. The van der Waals surface area contributed by atoms with Gasteiger partial charge < -0.3 is 15.5 Å². The van der Waals surface area contributed by atoms with Crippen LogP contribution in [0, 0.1) is 11.3 Å². The SMILES string of the molecule is CCCNC(=O)CN1CCC(NC(=O)N2CC(C)(C)C3CCCC32)CC1. The van der Waals surface area contributed by atoms with Gasteiger partial charge in [-0.1, -0.05) is 27.2 Å². The maximum absolute atomic E-state index is 12.9. The summed E-state index contributed by atoms with van der Waals surface area (Å²) in [4.78, 5) is 29.0. The predicted octanol–water partition coefficient (Wildman–Crippen LogP) is 2.20. The summed E-state index contributed by atoms with van der Waals surface area (Å²) in [6.07, 6.45) is 6.50. The number of urea groups is 1. The minimum absolute atomic E-state index is 0.112. The van der Waals surface area contributed by atoms with Gasteiger partial charge in [-0.2, -0.15) is 0 Å². The lowest BCUT2D eigenvalue weighted by atomic mass is 9.80. The Kier molecular flexibility index (Phi) is 6.10. The van der Waals surface area contributed by atoms with E-state index in [9.17, 15) is 9.59 Å². The van der Waals surface area contributed by atoms with Crippen molar-refractivity contribution in [3.63, 3.8) is 0 Å².